The number of para-hydroxylation sites is 1. The van der Waals surface area contributed by atoms with Crippen molar-refractivity contribution in [2.75, 3.05) is 32.8 Å². The van der Waals surface area contributed by atoms with Crippen LogP contribution in [0.5, 0.6) is 5.75 Å². The SMILES string of the molecule is O=C(C1COc2ccccc2C1)N1CCN(Cc2cn3cc(Cl)ccc3n2)CC1. The Bertz CT molecular complexity index is 1040. The van der Waals surface area contributed by atoms with Crippen molar-refractivity contribution in [2.24, 2.45) is 5.92 Å². The largest absolute Gasteiger partial charge is 0.492 e. The molecule has 2 aliphatic heterocycles. The van der Waals surface area contributed by atoms with Gasteiger partial charge < -0.3 is 14.0 Å². The molecule has 0 spiro atoms. The third-order valence-electron chi connectivity index (χ3n) is 5.76. The molecule has 1 saturated heterocycles. The Hall–Kier alpha value is -2.57. The number of carbonyl (C=O) groups is 1. The van der Waals surface area contributed by atoms with E-state index in [9.17, 15) is 4.79 Å². The lowest BCUT2D eigenvalue weighted by molar-refractivity contribution is -0.138. The highest BCUT2D eigenvalue weighted by molar-refractivity contribution is 6.30. The predicted molar refractivity (Wildman–Crippen MR) is 111 cm³/mol. The maximum Gasteiger partial charge on any atom is 0.229 e. The normalized spacial score (nSPS) is 19.8. The molecular formula is C22H23ClN4O2. The van der Waals surface area contributed by atoms with Crippen molar-refractivity contribution in [1.82, 2.24) is 19.2 Å². The summed E-state index contributed by atoms with van der Waals surface area (Å²) in [7, 11) is 0. The van der Waals surface area contributed by atoms with Crippen LogP contribution < -0.4 is 4.74 Å². The molecule has 29 heavy (non-hydrogen) atoms. The number of aromatic nitrogens is 2. The zero-order valence-corrected chi connectivity index (χ0v) is 16.9. The summed E-state index contributed by atoms with van der Waals surface area (Å²) < 4.78 is 7.76. The van der Waals surface area contributed by atoms with E-state index in [0.29, 0.717) is 11.6 Å². The lowest BCUT2D eigenvalue weighted by Gasteiger charge is -2.37. The molecule has 150 valence electrons. The van der Waals surface area contributed by atoms with Gasteiger partial charge in [-0.15, -0.1) is 0 Å². The summed E-state index contributed by atoms with van der Waals surface area (Å²) in [6.45, 7) is 4.45. The topological polar surface area (TPSA) is 50.1 Å². The lowest BCUT2D eigenvalue weighted by atomic mass is 9.95. The number of carbonyl (C=O) groups excluding carboxylic acids is 1. The number of rotatable bonds is 3. The Kier molecular flexibility index (Phi) is 4.89. The highest BCUT2D eigenvalue weighted by Gasteiger charge is 2.31. The molecule has 1 atom stereocenters. The monoisotopic (exact) mass is 410 g/mol. The number of imidazole rings is 1. The van der Waals surface area contributed by atoms with Crippen molar-refractivity contribution < 1.29 is 9.53 Å². The van der Waals surface area contributed by atoms with E-state index in [1.807, 2.05) is 52.0 Å². The van der Waals surface area contributed by atoms with Gasteiger partial charge in [-0.05, 0) is 30.2 Å². The summed E-state index contributed by atoms with van der Waals surface area (Å²) in [4.78, 5) is 22.0. The molecule has 4 heterocycles. The van der Waals surface area contributed by atoms with Crippen LogP contribution in [0.25, 0.3) is 5.65 Å². The lowest BCUT2D eigenvalue weighted by Crippen LogP contribution is -2.51. The minimum Gasteiger partial charge on any atom is -0.492 e. The molecule has 0 saturated carbocycles. The number of fused-ring (bicyclic) bond motifs is 2. The van der Waals surface area contributed by atoms with Gasteiger partial charge in [0.1, 0.15) is 18.0 Å². The quantitative estimate of drug-likeness (QED) is 0.666. The van der Waals surface area contributed by atoms with Gasteiger partial charge in [-0.3, -0.25) is 9.69 Å². The van der Waals surface area contributed by atoms with Gasteiger partial charge in [0.25, 0.3) is 0 Å². The molecule has 1 unspecified atom stereocenters. The molecule has 2 aliphatic rings. The third kappa shape index (κ3) is 3.82. The van der Waals surface area contributed by atoms with Crippen molar-refractivity contribution in [2.45, 2.75) is 13.0 Å². The van der Waals surface area contributed by atoms with E-state index in [-0.39, 0.29) is 11.8 Å². The van der Waals surface area contributed by atoms with E-state index < -0.39 is 0 Å². The number of hydrogen-bond donors (Lipinski definition) is 0. The first-order chi connectivity index (χ1) is 14.2. The summed E-state index contributed by atoms with van der Waals surface area (Å²) >= 11 is 6.05. The van der Waals surface area contributed by atoms with Crippen LogP contribution in [0, 0.1) is 5.92 Å². The van der Waals surface area contributed by atoms with Crippen LogP contribution in [0.4, 0.5) is 0 Å². The molecule has 6 nitrogen and oxygen atoms in total. The van der Waals surface area contributed by atoms with Crippen LogP contribution in [0.15, 0.2) is 48.8 Å². The highest BCUT2D eigenvalue weighted by atomic mass is 35.5. The van der Waals surface area contributed by atoms with Crippen LogP contribution in [-0.2, 0) is 17.8 Å². The van der Waals surface area contributed by atoms with Crippen LogP contribution in [-0.4, -0.2) is 57.9 Å². The number of pyridine rings is 1. The van der Waals surface area contributed by atoms with E-state index in [2.05, 4.69) is 16.0 Å². The van der Waals surface area contributed by atoms with Crippen molar-refractivity contribution in [1.29, 1.82) is 0 Å². The predicted octanol–water partition coefficient (Wildman–Crippen LogP) is 2.88. The first-order valence-electron chi connectivity index (χ1n) is 10.0. The minimum absolute atomic E-state index is 0.0837. The van der Waals surface area contributed by atoms with Crippen molar-refractivity contribution >= 4 is 23.2 Å². The number of benzene rings is 1. The maximum absolute atomic E-state index is 13.0. The van der Waals surface area contributed by atoms with E-state index >= 15 is 0 Å². The molecular weight excluding hydrogens is 388 g/mol. The third-order valence-corrected chi connectivity index (χ3v) is 5.99. The van der Waals surface area contributed by atoms with E-state index in [0.717, 1.165) is 61.8 Å². The fourth-order valence-corrected chi connectivity index (χ4v) is 4.36. The molecule has 0 N–H and O–H groups in total. The molecule has 1 fully saturated rings. The van der Waals surface area contributed by atoms with Crippen LogP contribution in [0.2, 0.25) is 5.02 Å². The Morgan fingerprint density at radius 3 is 2.79 bits per heavy atom. The molecule has 1 aromatic carbocycles. The first-order valence-corrected chi connectivity index (χ1v) is 10.4. The fraction of sp³-hybridized carbons (Fsp3) is 0.364. The molecule has 1 amide bonds. The summed E-state index contributed by atoms with van der Waals surface area (Å²) in [5.74, 6) is 1.04. The molecule has 0 radical (unpaired) electrons. The van der Waals surface area contributed by atoms with Crippen LogP contribution in [0.1, 0.15) is 11.3 Å². The van der Waals surface area contributed by atoms with Gasteiger partial charge in [0, 0.05) is 45.1 Å². The van der Waals surface area contributed by atoms with Crippen LogP contribution in [0.3, 0.4) is 0 Å². The first kappa shape index (κ1) is 18.5. The van der Waals surface area contributed by atoms with Gasteiger partial charge in [-0.25, -0.2) is 4.98 Å². The molecule has 0 bridgehead atoms. The molecule has 3 aromatic rings. The van der Waals surface area contributed by atoms with E-state index in [4.69, 9.17) is 16.3 Å². The fourth-order valence-electron chi connectivity index (χ4n) is 4.19. The summed E-state index contributed by atoms with van der Waals surface area (Å²) in [6.07, 6.45) is 4.66. The molecule has 2 aromatic heterocycles. The van der Waals surface area contributed by atoms with Gasteiger partial charge >= 0.3 is 0 Å². The number of hydrogen-bond acceptors (Lipinski definition) is 4. The van der Waals surface area contributed by atoms with Gasteiger partial charge in [-0.1, -0.05) is 29.8 Å². The van der Waals surface area contributed by atoms with E-state index in [1.165, 1.54) is 0 Å². The van der Waals surface area contributed by atoms with Gasteiger partial charge in [0.05, 0.1) is 16.6 Å². The highest BCUT2D eigenvalue weighted by Crippen LogP contribution is 2.28. The molecule has 0 aliphatic carbocycles. The van der Waals surface area contributed by atoms with Crippen LogP contribution >= 0.6 is 11.6 Å². The van der Waals surface area contributed by atoms with Crippen molar-refractivity contribution in [3.05, 3.63) is 65.1 Å². The number of piperazine rings is 1. The smallest absolute Gasteiger partial charge is 0.229 e. The Morgan fingerprint density at radius 1 is 1.10 bits per heavy atom. The standard InChI is InChI=1S/C22H23ClN4O2/c23-18-5-6-21-24-19(14-27(21)12-18)13-25-7-9-26(10-8-25)22(28)17-11-16-3-1-2-4-20(16)29-15-17/h1-6,12,14,17H,7-11,13,15H2. The van der Waals surface area contributed by atoms with Crippen molar-refractivity contribution in [3.63, 3.8) is 0 Å². The number of ether oxygens (including phenoxy) is 1. The van der Waals surface area contributed by atoms with Gasteiger partial charge in [0.15, 0.2) is 0 Å². The van der Waals surface area contributed by atoms with Gasteiger partial charge in [0.2, 0.25) is 5.91 Å². The Balaban J connectivity index is 1.17. The van der Waals surface area contributed by atoms with Gasteiger partial charge in [-0.2, -0.15) is 0 Å². The molecule has 5 rings (SSSR count). The van der Waals surface area contributed by atoms with Crippen molar-refractivity contribution in [3.8, 4) is 5.75 Å². The summed E-state index contributed by atoms with van der Waals surface area (Å²) in [5, 5.41) is 0.697. The second-order valence-electron chi connectivity index (χ2n) is 7.77. The number of halogens is 1. The average Bonchev–Trinajstić information content (AvgIpc) is 3.14. The zero-order valence-electron chi connectivity index (χ0n) is 16.1. The summed E-state index contributed by atoms with van der Waals surface area (Å²) in [6, 6.07) is 11.8. The number of nitrogens with zero attached hydrogens (tertiary/aromatic N) is 4. The second kappa shape index (κ2) is 7.69. The Morgan fingerprint density at radius 2 is 1.93 bits per heavy atom. The molecule has 7 heteroatoms. The second-order valence-corrected chi connectivity index (χ2v) is 8.20. The zero-order chi connectivity index (χ0) is 19.8. The summed E-state index contributed by atoms with van der Waals surface area (Å²) in [5.41, 5.74) is 3.04. The average molecular weight is 411 g/mol. The maximum atomic E-state index is 13.0. The van der Waals surface area contributed by atoms with E-state index in [1.54, 1.807) is 0 Å². The Labute approximate surface area is 174 Å². The minimum atomic E-state index is -0.0837. The number of amides is 1.